The molecule has 1 heterocycles. The van der Waals surface area contributed by atoms with Crippen molar-refractivity contribution in [2.75, 3.05) is 6.54 Å². The summed E-state index contributed by atoms with van der Waals surface area (Å²) in [5.74, 6) is 0.381. The van der Waals surface area contributed by atoms with Crippen LogP contribution < -0.4 is 11.1 Å². The molecule has 0 aliphatic carbocycles. The van der Waals surface area contributed by atoms with Crippen LogP contribution in [0.25, 0.3) is 0 Å². The second-order valence-corrected chi connectivity index (χ2v) is 3.56. The summed E-state index contributed by atoms with van der Waals surface area (Å²) in [5, 5.41) is 2.93. The minimum absolute atomic E-state index is 0.164. The maximum atomic E-state index is 11.5. The van der Waals surface area contributed by atoms with Gasteiger partial charge in [-0.1, -0.05) is 13.3 Å². The van der Waals surface area contributed by atoms with Crippen molar-refractivity contribution >= 4 is 5.91 Å². The van der Waals surface area contributed by atoms with Gasteiger partial charge >= 0.3 is 0 Å². The quantitative estimate of drug-likeness (QED) is 0.600. The zero-order valence-corrected chi connectivity index (χ0v) is 7.81. The number of rotatable bonds is 2. The average Bonchev–Trinajstić information content (AvgIpc) is 2.28. The molecule has 3 nitrogen and oxygen atoms in total. The summed E-state index contributed by atoms with van der Waals surface area (Å²) in [6.45, 7) is 2.95. The van der Waals surface area contributed by atoms with Gasteiger partial charge in [0.2, 0.25) is 5.91 Å². The molecule has 12 heavy (non-hydrogen) atoms. The zero-order chi connectivity index (χ0) is 8.97. The van der Waals surface area contributed by atoms with Crippen molar-refractivity contribution in [3.8, 4) is 0 Å². The highest BCUT2D eigenvalue weighted by Crippen LogP contribution is 2.15. The molecule has 1 aliphatic rings. The van der Waals surface area contributed by atoms with Crippen molar-refractivity contribution < 1.29 is 10.5 Å². The standard InChI is InChI=1S/C9H18N2O/c1-2-8(10)7-5-3-4-6-11-9(7)12/h7-8H,2-6,10H2,1H3,(H,11,12)/p+1/t7-,8+/m0/s1. The zero-order valence-electron chi connectivity index (χ0n) is 7.81. The van der Waals surface area contributed by atoms with E-state index < -0.39 is 0 Å². The highest BCUT2D eigenvalue weighted by Gasteiger charge is 2.27. The van der Waals surface area contributed by atoms with E-state index in [4.69, 9.17) is 0 Å². The molecule has 0 unspecified atom stereocenters. The number of nitrogens with one attached hydrogen (secondary N) is 1. The highest BCUT2D eigenvalue weighted by atomic mass is 16.1. The molecule has 2 atom stereocenters. The van der Waals surface area contributed by atoms with Gasteiger partial charge in [-0.15, -0.1) is 0 Å². The molecule has 1 fully saturated rings. The van der Waals surface area contributed by atoms with Crippen LogP contribution in [0.5, 0.6) is 0 Å². The number of carbonyl (C=O) groups excluding carboxylic acids is 1. The lowest BCUT2D eigenvalue weighted by molar-refractivity contribution is -0.430. The van der Waals surface area contributed by atoms with Crippen molar-refractivity contribution in [1.29, 1.82) is 0 Å². The fourth-order valence-corrected chi connectivity index (χ4v) is 1.70. The van der Waals surface area contributed by atoms with Gasteiger partial charge in [0, 0.05) is 6.54 Å². The van der Waals surface area contributed by atoms with Crippen molar-refractivity contribution in [1.82, 2.24) is 5.32 Å². The van der Waals surface area contributed by atoms with E-state index in [0.717, 1.165) is 32.2 Å². The van der Waals surface area contributed by atoms with Crippen LogP contribution in [-0.2, 0) is 4.79 Å². The van der Waals surface area contributed by atoms with E-state index in [1.807, 2.05) is 0 Å². The Bertz CT molecular complexity index is 159. The largest absolute Gasteiger partial charge is 0.356 e. The third-order valence-electron chi connectivity index (χ3n) is 2.67. The molecule has 70 valence electrons. The van der Waals surface area contributed by atoms with Crippen molar-refractivity contribution in [2.24, 2.45) is 5.92 Å². The fourth-order valence-electron chi connectivity index (χ4n) is 1.70. The summed E-state index contributed by atoms with van der Waals surface area (Å²) in [4.78, 5) is 11.5. The SMILES string of the molecule is CC[C@@H]([NH3+])[C@@H]1CCCCNC1=O. The van der Waals surface area contributed by atoms with E-state index >= 15 is 0 Å². The van der Waals surface area contributed by atoms with Crippen LogP contribution in [0.3, 0.4) is 0 Å². The lowest BCUT2D eigenvalue weighted by Crippen LogP contribution is -2.66. The third-order valence-corrected chi connectivity index (χ3v) is 2.67. The van der Waals surface area contributed by atoms with Gasteiger partial charge in [-0.25, -0.2) is 0 Å². The predicted molar refractivity (Wildman–Crippen MR) is 47.3 cm³/mol. The average molecular weight is 171 g/mol. The third kappa shape index (κ3) is 2.21. The first kappa shape index (κ1) is 9.52. The molecule has 0 spiro atoms. The highest BCUT2D eigenvalue weighted by molar-refractivity contribution is 5.79. The van der Waals surface area contributed by atoms with E-state index in [2.05, 4.69) is 18.0 Å². The minimum Gasteiger partial charge on any atom is -0.356 e. The summed E-state index contributed by atoms with van der Waals surface area (Å²) >= 11 is 0. The second kappa shape index (κ2) is 4.45. The number of amides is 1. The van der Waals surface area contributed by atoms with E-state index in [0.29, 0.717) is 6.04 Å². The van der Waals surface area contributed by atoms with Gasteiger partial charge in [0.25, 0.3) is 0 Å². The Balaban J connectivity index is 2.52. The number of hydrogen-bond acceptors (Lipinski definition) is 1. The summed E-state index contributed by atoms with van der Waals surface area (Å²) in [7, 11) is 0. The molecular weight excluding hydrogens is 152 g/mol. The second-order valence-electron chi connectivity index (χ2n) is 3.56. The lowest BCUT2D eigenvalue weighted by Gasteiger charge is -2.16. The Morgan fingerprint density at radius 3 is 3.08 bits per heavy atom. The number of carbonyl (C=O) groups is 1. The smallest absolute Gasteiger partial charge is 0.229 e. The molecule has 0 aromatic heterocycles. The van der Waals surface area contributed by atoms with Crippen LogP contribution >= 0.6 is 0 Å². The normalized spacial score (nSPS) is 27.5. The van der Waals surface area contributed by atoms with Gasteiger partial charge in [-0.05, 0) is 19.3 Å². The maximum absolute atomic E-state index is 11.5. The molecular formula is C9H19N2O+. The first-order valence-corrected chi connectivity index (χ1v) is 4.86. The molecule has 3 heteroatoms. The van der Waals surface area contributed by atoms with Gasteiger partial charge in [-0.2, -0.15) is 0 Å². The molecule has 0 aromatic carbocycles. The summed E-state index contributed by atoms with van der Waals surface area (Å²) in [6, 6.07) is 0.295. The van der Waals surface area contributed by atoms with Crippen LogP contribution in [0.4, 0.5) is 0 Å². The monoisotopic (exact) mass is 171 g/mol. The summed E-state index contributed by atoms with van der Waals surface area (Å²) < 4.78 is 0. The molecule has 1 saturated heterocycles. The molecule has 1 rings (SSSR count). The molecule has 1 amide bonds. The Hall–Kier alpha value is -0.570. The van der Waals surface area contributed by atoms with E-state index in [1.54, 1.807) is 0 Å². The van der Waals surface area contributed by atoms with Crippen molar-refractivity contribution in [3.63, 3.8) is 0 Å². The van der Waals surface area contributed by atoms with Crippen LogP contribution in [-0.4, -0.2) is 18.5 Å². The van der Waals surface area contributed by atoms with Crippen LogP contribution in [0, 0.1) is 5.92 Å². The Morgan fingerprint density at radius 1 is 1.67 bits per heavy atom. The fraction of sp³-hybridized carbons (Fsp3) is 0.889. The number of hydrogen-bond donors (Lipinski definition) is 2. The van der Waals surface area contributed by atoms with E-state index in [1.165, 1.54) is 0 Å². The lowest BCUT2D eigenvalue weighted by atomic mass is 9.93. The topological polar surface area (TPSA) is 56.7 Å². The van der Waals surface area contributed by atoms with E-state index in [9.17, 15) is 4.79 Å². The maximum Gasteiger partial charge on any atom is 0.229 e. The number of quaternary nitrogens is 1. The molecule has 0 radical (unpaired) electrons. The summed E-state index contributed by atoms with van der Waals surface area (Å²) in [5.41, 5.74) is 4.01. The molecule has 0 saturated carbocycles. The minimum atomic E-state index is 0.164. The van der Waals surface area contributed by atoms with Crippen LogP contribution in [0.15, 0.2) is 0 Å². The molecule has 0 aromatic rings. The van der Waals surface area contributed by atoms with Gasteiger partial charge in [-0.3, -0.25) is 4.79 Å². The Kier molecular flexibility index (Phi) is 3.53. The first-order chi connectivity index (χ1) is 5.75. The van der Waals surface area contributed by atoms with Crippen molar-refractivity contribution in [3.05, 3.63) is 0 Å². The first-order valence-electron chi connectivity index (χ1n) is 4.86. The van der Waals surface area contributed by atoms with Gasteiger partial charge in [0.15, 0.2) is 0 Å². The van der Waals surface area contributed by atoms with Gasteiger partial charge in [0.1, 0.15) is 0 Å². The molecule has 1 aliphatic heterocycles. The molecule has 4 N–H and O–H groups in total. The van der Waals surface area contributed by atoms with Crippen LogP contribution in [0.1, 0.15) is 32.6 Å². The van der Waals surface area contributed by atoms with Crippen LogP contribution in [0.2, 0.25) is 0 Å². The Labute approximate surface area is 73.7 Å². The Morgan fingerprint density at radius 2 is 2.42 bits per heavy atom. The van der Waals surface area contributed by atoms with Gasteiger partial charge in [0.05, 0.1) is 12.0 Å². The predicted octanol–water partition coefficient (Wildman–Crippen LogP) is -0.0768. The van der Waals surface area contributed by atoms with Crippen molar-refractivity contribution in [2.45, 2.75) is 38.6 Å². The molecule has 0 bridgehead atoms. The summed E-state index contributed by atoms with van der Waals surface area (Å²) in [6.07, 6.45) is 4.31. The van der Waals surface area contributed by atoms with Gasteiger partial charge < -0.3 is 11.1 Å². The van der Waals surface area contributed by atoms with E-state index in [-0.39, 0.29) is 11.8 Å².